The number of benzene rings is 2. The minimum atomic E-state index is -0.491. The maximum atomic E-state index is 9.67. The highest BCUT2D eigenvalue weighted by molar-refractivity contribution is 5.74. The number of hydrogen-bond acceptors (Lipinski definition) is 8. The molecule has 2 aromatic carbocycles. The van der Waals surface area contributed by atoms with Crippen LogP contribution in [0, 0.1) is 13.8 Å². The fraction of sp³-hybridized carbons (Fsp3) is 0.571. The molecule has 8 nitrogen and oxygen atoms in total. The smallest absolute Gasteiger partial charge is 0.122 e. The molecule has 0 aliphatic carbocycles. The van der Waals surface area contributed by atoms with Crippen molar-refractivity contribution in [3.05, 3.63) is 47.5 Å². The van der Waals surface area contributed by atoms with Gasteiger partial charge in [0.15, 0.2) is 0 Å². The molecule has 0 amide bonds. The van der Waals surface area contributed by atoms with Crippen LogP contribution in [0.4, 0.5) is 0 Å². The van der Waals surface area contributed by atoms with Crippen LogP contribution < -0.4 is 20.1 Å². The summed E-state index contributed by atoms with van der Waals surface area (Å²) in [6, 6.07) is 12.3. The first-order valence-electron chi connectivity index (χ1n) is 12.7. The Kier molecular flexibility index (Phi) is 14.4. The Balaban J connectivity index is 1.86. The van der Waals surface area contributed by atoms with Gasteiger partial charge in [0.1, 0.15) is 11.5 Å². The summed E-state index contributed by atoms with van der Waals surface area (Å²) in [5.41, 5.74) is 4.45. The zero-order valence-electron chi connectivity index (χ0n) is 22.2. The molecule has 2 atom stereocenters. The number of hydrogen-bond donors (Lipinski definition) is 4. The normalized spacial score (nSPS) is 12.9. The summed E-state index contributed by atoms with van der Waals surface area (Å²) in [5.74, 6) is 1.75. The quantitative estimate of drug-likeness (QED) is 0.217. The molecule has 0 aliphatic heterocycles. The number of nitrogens with one attached hydrogen (secondary N) is 2. The highest BCUT2D eigenvalue weighted by atomic mass is 16.5. The molecule has 0 aliphatic rings. The van der Waals surface area contributed by atoms with E-state index in [1.807, 2.05) is 24.3 Å². The number of methoxy groups -OCH3 is 2. The molecule has 0 aromatic heterocycles. The number of aliphatic hydroxyl groups is 2. The van der Waals surface area contributed by atoms with Crippen LogP contribution in [0.2, 0.25) is 0 Å². The van der Waals surface area contributed by atoms with Crippen molar-refractivity contribution < 1.29 is 29.2 Å². The van der Waals surface area contributed by atoms with Crippen LogP contribution in [0.3, 0.4) is 0 Å². The second kappa shape index (κ2) is 17.3. The van der Waals surface area contributed by atoms with Gasteiger partial charge in [-0.15, -0.1) is 0 Å². The molecule has 2 aromatic rings. The third-order valence-corrected chi connectivity index (χ3v) is 5.85. The van der Waals surface area contributed by atoms with E-state index in [2.05, 4.69) is 36.6 Å². The molecule has 0 saturated heterocycles. The Hall–Kier alpha value is -2.20. The van der Waals surface area contributed by atoms with E-state index in [-0.39, 0.29) is 0 Å². The van der Waals surface area contributed by atoms with E-state index in [4.69, 9.17) is 18.9 Å². The largest absolute Gasteiger partial charge is 0.493 e. The molecule has 0 bridgehead atoms. The third kappa shape index (κ3) is 10.4. The van der Waals surface area contributed by atoms with Crippen molar-refractivity contribution in [2.45, 2.75) is 38.9 Å². The molecule has 0 spiro atoms. The lowest BCUT2D eigenvalue weighted by Crippen LogP contribution is -2.31. The van der Waals surface area contributed by atoms with Crippen molar-refractivity contribution in [2.24, 2.45) is 0 Å². The fourth-order valence-corrected chi connectivity index (χ4v) is 3.92. The van der Waals surface area contributed by atoms with Crippen molar-refractivity contribution in [2.75, 3.05) is 66.8 Å². The Morgan fingerprint density at radius 2 is 1.11 bits per heavy atom. The van der Waals surface area contributed by atoms with Gasteiger partial charge in [-0.05, 0) is 74.2 Å². The molecule has 2 rings (SSSR count). The van der Waals surface area contributed by atoms with Crippen LogP contribution in [0.15, 0.2) is 36.4 Å². The van der Waals surface area contributed by atoms with Gasteiger partial charge in [-0.2, -0.15) is 0 Å². The number of rotatable bonds is 19. The van der Waals surface area contributed by atoms with Gasteiger partial charge < -0.3 is 39.8 Å². The van der Waals surface area contributed by atoms with Gasteiger partial charge in [0, 0.05) is 27.3 Å². The van der Waals surface area contributed by atoms with Gasteiger partial charge in [0.2, 0.25) is 0 Å². The van der Waals surface area contributed by atoms with E-state index in [0.29, 0.717) is 39.5 Å². The lowest BCUT2D eigenvalue weighted by Gasteiger charge is -2.17. The van der Waals surface area contributed by atoms with Crippen LogP contribution in [0.25, 0.3) is 11.1 Å². The molecule has 4 N–H and O–H groups in total. The van der Waals surface area contributed by atoms with Crippen molar-refractivity contribution in [1.29, 1.82) is 0 Å². The fourth-order valence-electron chi connectivity index (χ4n) is 3.92. The molecule has 0 radical (unpaired) electrons. The van der Waals surface area contributed by atoms with Crippen LogP contribution >= 0.6 is 0 Å². The molecule has 36 heavy (non-hydrogen) atoms. The van der Waals surface area contributed by atoms with E-state index in [0.717, 1.165) is 59.7 Å². The Morgan fingerprint density at radius 3 is 1.50 bits per heavy atom. The molecular weight excluding hydrogens is 460 g/mol. The molecule has 8 heteroatoms. The first-order chi connectivity index (χ1) is 17.5. The topological polar surface area (TPSA) is 101 Å². The minimum Gasteiger partial charge on any atom is -0.493 e. The monoisotopic (exact) mass is 504 g/mol. The minimum absolute atomic E-state index is 0.332. The third-order valence-electron chi connectivity index (χ3n) is 5.85. The summed E-state index contributed by atoms with van der Waals surface area (Å²) >= 11 is 0. The Bertz CT molecular complexity index is 808. The first-order valence-corrected chi connectivity index (χ1v) is 12.7. The van der Waals surface area contributed by atoms with E-state index in [1.54, 1.807) is 14.2 Å². The SMILES string of the molecule is COCC(O)CNCCCOc1cccc(-c2cccc(OCCCNCC(O)COC)c2C)c1C. The zero-order valence-corrected chi connectivity index (χ0v) is 22.2. The van der Waals surface area contributed by atoms with E-state index < -0.39 is 12.2 Å². The lowest BCUT2D eigenvalue weighted by atomic mass is 9.95. The van der Waals surface area contributed by atoms with E-state index in [1.165, 1.54) is 0 Å². The predicted molar refractivity (Wildman–Crippen MR) is 143 cm³/mol. The predicted octanol–water partition coefficient (Wildman–Crippen LogP) is 2.70. The molecule has 0 fully saturated rings. The molecule has 202 valence electrons. The van der Waals surface area contributed by atoms with Crippen molar-refractivity contribution in [3.8, 4) is 22.6 Å². The van der Waals surface area contributed by atoms with Gasteiger partial charge >= 0.3 is 0 Å². The first kappa shape index (κ1) is 30.0. The van der Waals surface area contributed by atoms with Gasteiger partial charge in [0.25, 0.3) is 0 Å². The van der Waals surface area contributed by atoms with Crippen LogP contribution in [-0.2, 0) is 9.47 Å². The van der Waals surface area contributed by atoms with Crippen LogP contribution in [0.5, 0.6) is 11.5 Å². The van der Waals surface area contributed by atoms with Crippen molar-refractivity contribution in [3.63, 3.8) is 0 Å². The maximum Gasteiger partial charge on any atom is 0.122 e. The summed E-state index contributed by atoms with van der Waals surface area (Å²) in [6.07, 6.45) is 0.696. The summed E-state index contributed by atoms with van der Waals surface area (Å²) in [7, 11) is 3.16. The molecular formula is C28H44N2O6. The summed E-state index contributed by atoms with van der Waals surface area (Å²) in [5, 5.41) is 25.8. The summed E-state index contributed by atoms with van der Waals surface area (Å²) in [4.78, 5) is 0. The van der Waals surface area contributed by atoms with Gasteiger partial charge in [-0.25, -0.2) is 0 Å². The second-order valence-electron chi connectivity index (χ2n) is 8.89. The summed E-state index contributed by atoms with van der Waals surface area (Å²) < 4.78 is 22.0. The second-order valence-corrected chi connectivity index (χ2v) is 8.89. The average molecular weight is 505 g/mol. The summed E-state index contributed by atoms with van der Waals surface area (Å²) in [6.45, 7) is 8.57. The number of ether oxygens (including phenoxy) is 4. The van der Waals surface area contributed by atoms with Crippen molar-refractivity contribution >= 4 is 0 Å². The zero-order chi connectivity index (χ0) is 26.2. The average Bonchev–Trinajstić information content (AvgIpc) is 2.86. The maximum absolute atomic E-state index is 9.67. The standard InChI is InChI=1S/C28H44N2O6/c1-21-25(9-5-11-27(21)35-15-7-13-29-17-23(31)19-33-3)26-10-6-12-28(22(26)2)36-16-8-14-30-18-24(32)20-34-4/h5-6,9-12,23-24,29-32H,7-8,13-20H2,1-4H3. The van der Waals surface area contributed by atoms with Gasteiger partial charge in [-0.3, -0.25) is 0 Å². The van der Waals surface area contributed by atoms with E-state index in [9.17, 15) is 10.2 Å². The van der Waals surface area contributed by atoms with Gasteiger partial charge in [0.05, 0.1) is 38.6 Å². The Morgan fingerprint density at radius 1 is 0.694 bits per heavy atom. The van der Waals surface area contributed by atoms with E-state index >= 15 is 0 Å². The molecule has 0 saturated carbocycles. The number of aliphatic hydroxyl groups excluding tert-OH is 2. The van der Waals surface area contributed by atoms with Crippen molar-refractivity contribution in [1.82, 2.24) is 10.6 Å². The highest BCUT2D eigenvalue weighted by Gasteiger charge is 2.12. The Labute approximate surface area is 215 Å². The highest BCUT2D eigenvalue weighted by Crippen LogP contribution is 2.35. The van der Waals surface area contributed by atoms with Crippen LogP contribution in [-0.4, -0.2) is 89.2 Å². The molecule has 0 heterocycles. The molecule has 2 unspecified atom stereocenters. The lowest BCUT2D eigenvalue weighted by molar-refractivity contribution is 0.0644. The van der Waals surface area contributed by atoms with Crippen LogP contribution in [0.1, 0.15) is 24.0 Å². The van der Waals surface area contributed by atoms with Gasteiger partial charge in [-0.1, -0.05) is 24.3 Å².